The molecule has 0 amide bonds. The first kappa shape index (κ1) is 20.8. The van der Waals surface area contributed by atoms with Crippen molar-refractivity contribution in [1.82, 2.24) is 0 Å². The Balaban J connectivity index is 1.64. The van der Waals surface area contributed by atoms with E-state index >= 15 is 0 Å². The van der Waals surface area contributed by atoms with E-state index in [0.717, 1.165) is 24.3 Å². The van der Waals surface area contributed by atoms with E-state index in [1.165, 1.54) is 30.3 Å². The van der Waals surface area contributed by atoms with Gasteiger partial charge in [0, 0.05) is 11.6 Å². The molecule has 2 aromatic carbocycles. The molecule has 3 aromatic rings. The predicted octanol–water partition coefficient (Wildman–Crippen LogP) is 6.24. The number of hydrogen-bond acceptors (Lipinski definition) is 4. The van der Waals surface area contributed by atoms with Gasteiger partial charge in [0.15, 0.2) is 17.3 Å². The van der Waals surface area contributed by atoms with Crippen LogP contribution >= 0.6 is 11.6 Å². The fourth-order valence-electron chi connectivity index (χ4n) is 2.78. The fraction of sp³-hybridized carbons (Fsp3) is 0.0476. The molecule has 0 radical (unpaired) electrons. The average molecular weight is 454 g/mol. The second-order valence-electron chi connectivity index (χ2n) is 6.36. The third-order valence-electron chi connectivity index (χ3n) is 4.24. The quantitative estimate of drug-likeness (QED) is 0.204. The molecule has 0 bridgehead atoms. The second-order valence-corrected chi connectivity index (χ2v) is 6.77. The van der Waals surface area contributed by atoms with E-state index in [1.807, 2.05) is 0 Å². The highest BCUT2D eigenvalue weighted by molar-refractivity contribution is 6.34. The standard InChI is InChI=1S/C21H9ClF5NO3/c22-14-9-16(24)15(23)8-13(14)19-28-17(20(29)31-19)7-12-4-5-18(30-12)10-2-1-3-11(6-10)21(25,26)27/h1-9H/b17-7+. The lowest BCUT2D eigenvalue weighted by Crippen LogP contribution is -2.07. The van der Waals surface area contributed by atoms with Crippen molar-refractivity contribution in [3.05, 3.63) is 87.8 Å². The van der Waals surface area contributed by atoms with E-state index in [0.29, 0.717) is 0 Å². The Morgan fingerprint density at radius 1 is 1.00 bits per heavy atom. The highest BCUT2D eigenvalue weighted by atomic mass is 35.5. The summed E-state index contributed by atoms with van der Waals surface area (Å²) in [6, 6.07) is 8.87. The summed E-state index contributed by atoms with van der Waals surface area (Å²) in [5.74, 6) is -3.35. The normalized spacial score (nSPS) is 15.4. The van der Waals surface area contributed by atoms with E-state index in [1.54, 1.807) is 0 Å². The number of furan rings is 1. The molecule has 0 fully saturated rings. The van der Waals surface area contributed by atoms with Crippen LogP contribution in [-0.2, 0) is 15.7 Å². The van der Waals surface area contributed by atoms with Gasteiger partial charge in [0.05, 0.1) is 16.1 Å². The van der Waals surface area contributed by atoms with Crippen molar-refractivity contribution in [2.45, 2.75) is 6.18 Å². The Morgan fingerprint density at radius 3 is 2.48 bits per heavy atom. The summed E-state index contributed by atoms with van der Waals surface area (Å²) in [6.45, 7) is 0. The molecular weight excluding hydrogens is 445 g/mol. The number of esters is 1. The Morgan fingerprint density at radius 2 is 1.74 bits per heavy atom. The molecule has 10 heteroatoms. The van der Waals surface area contributed by atoms with Gasteiger partial charge < -0.3 is 9.15 Å². The number of cyclic esters (lactones) is 1. The molecule has 0 spiro atoms. The first-order valence-corrected chi connectivity index (χ1v) is 8.94. The molecular formula is C21H9ClF5NO3. The zero-order valence-electron chi connectivity index (χ0n) is 15.1. The largest absolute Gasteiger partial charge is 0.457 e. The molecule has 158 valence electrons. The van der Waals surface area contributed by atoms with Crippen molar-refractivity contribution in [1.29, 1.82) is 0 Å². The van der Waals surface area contributed by atoms with Gasteiger partial charge in [-0.1, -0.05) is 23.7 Å². The first-order chi connectivity index (χ1) is 14.6. The van der Waals surface area contributed by atoms with Crippen LogP contribution in [0.25, 0.3) is 17.4 Å². The summed E-state index contributed by atoms with van der Waals surface area (Å²) in [4.78, 5) is 16.0. The molecule has 0 atom stereocenters. The monoisotopic (exact) mass is 453 g/mol. The average Bonchev–Trinajstić information content (AvgIpc) is 3.31. The van der Waals surface area contributed by atoms with Crippen LogP contribution in [0.5, 0.6) is 0 Å². The van der Waals surface area contributed by atoms with Gasteiger partial charge in [0.25, 0.3) is 0 Å². The number of benzene rings is 2. The first-order valence-electron chi connectivity index (χ1n) is 8.57. The molecule has 0 saturated carbocycles. The summed E-state index contributed by atoms with van der Waals surface area (Å²) in [5.41, 5.74) is -0.994. The number of carbonyl (C=O) groups excluding carboxylic acids is 1. The van der Waals surface area contributed by atoms with Crippen LogP contribution in [0.15, 0.2) is 63.6 Å². The lowest BCUT2D eigenvalue weighted by molar-refractivity contribution is -0.137. The maximum Gasteiger partial charge on any atom is 0.416 e. The topological polar surface area (TPSA) is 51.8 Å². The fourth-order valence-corrected chi connectivity index (χ4v) is 3.01. The van der Waals surface area contributed by atoms with E-state index in [9.17, 15) is 26.7 Å². The molecule has 0 unspecified atom stereocenters. The van der Waals surface area contributed by atoms with Crippen LogP contribution in [0.2, 0.25) is 5.02 Å². The number of hydrogen-bond donors (Lipinski definition) is 0. The second kappa shape index (κ2) is 7.66. The van der Waals surface area contributed by atoms with Gasteiger partial charge in [0.2, 0.25) is 5.90 Å². The van der Waals surface area contributed by atoms with Gasteiger partial charge in [0.1, 0.15) is 11.5 Å². The molecule has 31 heavy (non-hydrogen) atoms. The summed E-state index contributed by atoms with van der Waals surface area (Å²) < 4.78 is 75.8. The summed E-state index contributed by atoms with van der Waals surface area (Å²) in [5, 5.41) is -0.212. The van der Waals surface area contributed by atoms with Crippen LogP contribution in [0.4, 0.5) is 22.0 Å². The predicted molar refractivity (Wildman–Crippen MR) is 101 cm³/mol. The van der Waals surface area contributed by atoms with E-state index < -0.39 is 29.3 Å². The smallest absolute Gasteiger partial charge is 0.416 e. The van der Waals surface area contributed by atoms with Crippen LogP contribution in [-0.4, -0.2) is 11.9 Å². The lowest BCUT2D eigenvalue weighted by atomic mass is 10.1. The van der Waals surface area contributed by atoms with Crippen molar-refractivity contribution < 1.29 is 35.9 Å². The highest BCUT2D eigenvalue weighted by Gasteiger charge is 2.31. The molecule has 0 saturated heterocycles. The zero-order chi connectivity index (χ0) is 22.3. The maximum atomic E-state index is 13.5. The van der Waals surface area contributed by atoms with E-state index in [-0.39, 0.29) is 39.3 Å². The number of carbonyl (C=O) groups is 1. The molecule has 0 N–H and O–H groups in total. The molecule has 0 aliphatic carbocycles. The van der Waals surface area contributed by atoms with Crippen molar-refractivity contribution in [2.24, 2.45) is 4.99 Å². The van der Waals surface area contributed by atoms with Crippen LogP contribution in [0.1, 0.15) is 16.9 Å². The summed E-state index contributed by atoms with van der Waals surface area (Å²) in [7, 11) is 0. The third-order valence-corrected chi connectivity index (χ3v) is 4.55. The molecule has 2 heterocycles. The minimum atomic E-state index is -4.51. The number of rotatable bonds is 3. The number of alkyl halides is 3. The highest BCUT2D eigenvalue weighted by Crippen LogP contribution is 2.33. The van der Waals surface area contributed by atoms with Crippen LogP contribution in [0.3, 0.4) is 0 Å². The van der Waals surface area contributed by atoms with Gasteiger partial charge in [-0.2, -0.15) is 13.2 Å². The minimum absolute atomic E-state index is 0.112. The summed E-state index contributed by atoms with van der Waals surface area (Å²) in [6.07, 6.45) is -3.31. The minimum Gasteiger partial charge on any atom is -0.457 e. The van der Waals surface area contributed by atoms with Gasteiger partial charge in [-0.25, -0.2) is 18.6 Å². The molecule has 1 aliphatic rings. The Bertz CT molecular complexity index is 1260. The Kier molecular flexibility index (Phi) is 5.14. The van der Waals surface area contributed by atoms with Gasteiger partial charge in [-0.05, 0) is 36.4 Å². The van der Waals surface area contributed by atoms with Gasteiger partial charge >= 0.3 is 12.1 Å². The van der Waals surface area contributed by atoms with Gasteiger partial charge in [-0.15, -0.1) is 0 Å². The zero-order valence-corrected chi connectivity index (χ0v) is 15.9. The summed E-state index contributed by atoms with van der Waals surface area (Å²) >= 11 is 5.86. The molecule has 4 rings (SSSR count). The SMILES string of the molecule is O=C1OC(c2cc(F)c(F)cc2Cl)=N/C1=C/c1ccc(-c2cccc(C(F)(F)F)c2)o1. The van der Waals surface area contributed by atoms with Crippen LogP contribution < -0.4 is 0 Å². The van der Waals surface area contributed by atoms with E-state index in [2.05, 4.69) is 4.99 Å². The number of halogens is 6. The van der Waals surface area contributed by atoms with Crippen LogP contribution in [0, 0.1) is 11.6 Å². The Hall–Kier alpha value is -3.46. The third kappa shape index (κ3) is 4.22. The molecule has 1 aliphatic heterocycles. The van der Waals surface area contributed by atoms with Crippen molar-refractivity contribution >= 4 is 29.5 Å². The van der Waals surface area contributed by atoms with E-state index in [4.69, 9.17) is 20.8 Å². The maximum absolute atomic E-state index is 13.5. The van der Waals surface area contributed by atoms with Crippen molar-refractivity contribution in [2.75, 3.05) is 0 Å². The number of ether oxygens (including phenoxy) is 1. The number of nitrogens with zero attached hydrogens (tertiary/aromatic N) is 1. The molecule has 1 aromatic heterocycles. The Labute approximate surface area is 176 Å². The van der Waals surface area contributed by atoms with Crippen molar-refractivity contribution in [3.63, 3.8) is 0 Å². The van der Waals surface area contributed by atoms with Gasteiger partial charge in [-0.3, -0.25) is 0 Å². The molecule has 4 nitrogen and oxygen atoms in total. The lowest BCUT2D eigenvalue weighted by Gasteiger charge is -2.07. The number of aliphatic imine (C=N–C) groups is 1. The van der Waals surface area contributed by atoms with Crippen molar-refractivity contribution in [3.8, 4) is 11.3 Å².